The molecule has 0 saturated carbocycles. The maximum atomic E-state index is 5.00. The zero-order valence-electron chi connectivity index (χ0n) is 14.1. The molecule has 0 spiro atoms. The van der Waals surface area contributed by atoms with E-state index >= 15 is 0 Å². The molecular weight excluding hydrogens is 372 g/mol. The molecule has 1 aromatic heterocycles. The highest BCUT2D eigenvalue weighted by atomic mass is 79.9. The molecule has 1 aliphatic rings. The van der Waals surface area contributed by atoms with Crippen LogP contribution in [-0.4, -0.2) is 9.55 Å². The molecule has 0 bridgehead atoms. The monoisotopic (exact) mass is 388 g/mol. The predicted molar refractivity (Wildman–Crippen MR) is 106 cm³/mol. The summed E-state index contributed by atoms with van der Waals surface area (Å²) in [4.78, 5) is 5.00. The number of benzene rings is 3. The van der Waals surface area contributed by atoms with E-state index in [0.29, 0.717) is 0 Å². The van der Waals surface area contributed by atoms with Crippen LogP contribution < -0.4 is 0 Å². The third-order valence-corrected chi connectivity index (χ3v) is 5.80. The van der Waals surface area contributed by atoms with Crippen molar-refractivity contribution in [3.63, 3.8) is 0 Å². The molecule has 2 heterocycles. The first-order valence-electron chi connectivity index (χ1n) is 8.45. The molecule has 1 aliphatic heterocycles. The van der Waals surface area contributed by atoms with Gasteiger partial charge >= 0.3 is 0 Å². The number of halogens is 1. The largest absolute Gasteiger partial charge is 0.292 e. The number of hydrogen-bond acceptors (Lipinski definition) is 1. The van der Waals surface area contributed by atoms with Crippen LogP contribution >= 0.6 is 15.9 Å². The predicted octanol–water partition coefficient (Wildman–Crippen LogP) is 6.09. The molecule has 0 saturated heterocycles. The van der Waals surface area contributed by atoms with Gasteiger partial charge in [0.2, 0.25) is 0 Å². The van der Waals surface area contributed by atoms with Crippen LogP contribution in [0.4, 0.5) is 0 Å². The fourth-order valence-electron chi connectivity index (χ4n) is 4.00. The topological polar surface area (TPSA) is 17.8 Å². The number of para-hydroxylation sites is 2. The van der Waals surface area contributed by atoms with Crippen molar-refractivity contribution in [1.29, 1.82) is 0 Å². The Morgan fingerprint density at radius 1 is 0.840 bits per heavy atom. The van der Waals surface area contributed by atoms with E-state index in [9.17, 15) is 0 Å². The van der Waals surface area contributed by atoms with Crippen molar-refractivity contribution in [3.8, 4) is 17.1 Å². The first-order valence-corrected chi connectivity index (χ1v) is 9.24. The van der Waals surface area contributed by atoms with Crippen LogP contribution in [0.1, 0.15) is 25.0 Å². The average Bonchev–Trinajstić information content (AvgIpc) is 3.01. The number of nitrogens with zero attached hydrogens (tertiary/aromatic N) is 2. The van der Waals surface area contributed by atoms with Crippen LogP contribution in [0.3, 0.4) is 0 Å². The van der Waals surface area contributed by atoms with Gasteiger partial charge in [-0.15, -0.1) is 0 Å². The Kier molecular flexibility index (Phi) is 3.02. The molecule has 3 aromatic carbocycles. The number of hydrogen-bond donors (Lipinski definition) is 0. The van der Waals surface area contributed by atoms with Crippen molar-refractivity contribution < 1.29 is 0 Å². The fraction of sp³-hybridized carbons (Fsp3) is 0.136. The molecule has 5 rings (SSSR count). The second-order valence-corrected chi connectivity index (χ2v) is 8.01. The van der Waals surface area contributed by atoms with Crippen LogP contribution in [0.15, 0.2) is 71.2 Å². The zero-order chi connectivity index (χ0) is 17.2. The summed E-state index contributed by atoms with van der Waals surface area (Å²) in [5.41, 5.74) is 7.27. The van der Waals surface area contributed by atoms with E-state index in [-0.39, 0.29) is 5.41 Å². The Hall–Kier alpha value is -2.39. The molecule has 0 aliphatic carbocycles. The van der Waals surface area contributed by atoms with Crippen LogP contribution in [0.2, 0.25) is 0 Å². The van der Waals surface area contributed by atoms with E-state index in [0.717, 1.165) is 21.4 Å². The Morgan fingerprint density at radius 3 is 2.36 bits per heavy atom. The number of rotatable bonds is 1. The van der Waals surface area contributed by atoms with Gasteiger partial charge < -0.3 is 0 Å². The zero-order valence-corrected chi connectivity index (χ0v) is 15.7. The Morgan fingerprint density at radius 2 is 1.56 bits per heavy atom. The summed E-state index contributed by atoms with van der Waals surface area (Å²) >= 11 is 3.52. The first-order chi connectivity index (χ1) is 12.1. The van der Waals surface area contributed by atoms with Crippen molar-refractivity contribution in [2.45, 2.75) is 19.3 Å². The lowest BCUT2D eigenvalue weighted by Crippen LogP contribution is -2.26. The number of imidazole rings is 1. The van der Waals surface area contributed by atoms with E-state index in [1.54, 1.807) is 0 Å². The smallest absolute Gasteiger partial charge is 0.145 e. The minimum atomic E-state index is -0.0386. The molecule has 0 amide bonds. The lowest BCUT2D eigenvalue weighted by atomic mass is 9.75. The third-order valence-electron chi connectivity index (χ3n) is 5.27. The number of fused-ring (bicyclic) bond motifs is 2. The molecular formula is C22H17BrN2. The summed E-state index contributed by atoms with van der Waals surface area (Å²) in [6, 6.07) is 23.5. The summed E-state index contributed by atoms with van der Waals surface area (Å²) in [7, 11) is 0. The summed E-state index contributed by atoms with van der Waals surface area (Å²) in [5.74, 6) is 0.998. The Labute approximate surface area is 155 Å². The molecule has 0 fully saturated rings. The molecule has 0 unspecified atom stereocenters. The summed E-state index contributed by atoms with van der Waals surface area (Å²) < 4.78 is 3.40. The van der Waals surface area contributed by atoms with Crippen molar-refractivity contribution in [2.75, 3.05) is 0 Å². The van der Waals surface area contributed by atoms with E-state index in [1.807, 2.05) is 0 Å². The second-order valence-electron chi connectivity index (χ2n) is 7.09. The Balaban J connectivity index is 1.95. The Bertz CT molecular complexity index is 1120. The minimum absolute atomic E-state index is 0.0386. The van der Waals surface area contributed by atoms with E-state index < -0.39 is 0 Å². The number of aromatic nitrogens is 2. The van der Waals surface area contributed by atoms with Gasteiger partial charge in [-0.1, -0.05) is 72.2 Å². The van der Waals surface area contributed by atoms with E-state index in [2.05, 4.69) is 101 Å². The molecule has 122 valence electrons. The van der Waals surface area contributed by atoms with Crippen LogP contribution in [0.5, 0.6) is 0 Å². The van der Waals surface area contributed by atoms with Gasteiger partial charge in [-0.05, 0) is 35.4 Å². The summed E-state index contributed by atoms with van der Waals surface area (Å²) in [6.45, 7) is 4.60. The fourth-order valence-corrected chi connectivity index (χ4v) is 4.26. The SMILES string of the molecule is CC1(C)c2ccccc2-n2c(-c3ccc(Br)cc3)nc3cccc1c32. The van der Waals surface area contributed by atoms with Crippen molar-refractivity contribution in [3.05, 3.63) is 82.3 Å². The highest BCUT2D eigenvalue weighted by Gasteiger charge is 2.35. The van der Waals surface area contributed by atoms with Crippen LogP contribution in [-0.2, 0) is 5.41 Å². The van der Waals surface area contributed by atoms with Crippen LogP contribution in [0, 0.1) is 0 Å². The molecule has 0 N–H and O–H groups in total. The molecule has 0 radical (unpaired) electrons. The maximum Gasteiger partial charge on any atom is 0.145 e. The van der Waals surface area contributed by atoms with Gasteiger partial charge in [0, 0.05) is 15.5 Å². The first kappa shape index (κ1) is 14.9. The quantitative estimate of drug-likeness (QED) is 0.385. The van der Waals surface area contributed by atoms with Crippen molar-refractivity contribution >= 4 is 27.0 Å². The molecule has 2 nitrogen and oxygen atoms in total. The van der Waals surface area contributed by atoms with Crippen molar-refractivity contribution in [1.82, 2.24) is 9.55 Å². The molecule has 4 aromatic rings. The van der Waals surface area contributed by atoms with Gasteiger partial charge in [-0.2, -0.15) is 0 Å². The summed E-state index contributed by atoms with van der Waals surface area (Å²) in [5, 5.41) is 0. The van der Waals surface area contributed by atoms with E-state index in [4.69, 9.17) is 4.98 Å². The van der Waals surface area contributed by atoms with Gasteiger partial charge in [0.1, 0.15) is 5.82 Å². The lowest BCUT2D eigenvalue weighted by Gasteiger charge is -2.34. The third kappa shape index (κ3) is 1.99. The molecule has 0 atom stereocenters. The molecule has 3 heteroatoms. The standard InChI is InChI=1S/C22H17BrN2/c1-22(2)16-6-3-4-9-19(16)25-20-17(22)7-5-8-18(20)24-21(25)14-10-12-15(23)13-11-14/h3-13H,1-2H3. The van der Waals surface area contributed by atoms with Gasteiger partial charge in [-0.3, -0.25) is 4.57 Å². The normalized spacial score (nSPS) is 14.5. The summed E-state index contributed by atoms with van der Waals surface area (Å²) in [6.07, 6.45) is 0. The average molecular weight is 389 g/mol. The van der Waals surface area contributed by atoms with Gasteiger partial charge in [0.05, 0.1) is 16.7 Å². The second kappa shape index (κ2) is 5.06. The lowest BCUT2D eigenvalue weighted by molar-refractivity contribution is 0.629. The van der Waals surface area contributed by atoms with Gasteiger partial charge in [0.15, 0.2) is 0 Å². The molecule has 25 heavy (non-hydrogen) atoms. The van der Waals surface area contributed by atoms with Crippen LogP contribution in [0.25, 0.3) is 28.1 Å². The maximum absolute atomic E-state index is 5.00. The van der Waals surface area contributed by atoms with Gasteiger partial charge in [-0.25, -0.2) is 4.98 Å². The van der Waals surface area contributed by atoms with Gasteiger partial charge in [0.25, 0.3) is 0 Å². The van der Waals surface area contributed by atoms with Crippen molar-refractivity contribution in [2.24, 2.45) is 0 Å². The highest BCUT2D eigenvalue weighted by Crippen LogP contribution is 2.45. The van der Waals surface area contributed by atoms with E-state index in [1.165, 1.54) is 22.3 Å². The highest BCUT2D eigenvalue weighted by molar-refractivity contribution is 9.10. The minimum Gasteiger partial charge on any atom is -0.292 e.